The van der Waals surface area contributed by atoms with Gasteiger partial charge in [-0.25, -0.2) is 4.98 Å². The lowest BCUT2D eigenvalue weighted by atomic mass is 10.2. The molecule has 24 heavy (non-hydrogen) atoms. The largest absolute Gasteiger partial charge is 0.416 e. The number of hydrogen-bond acceptors (Lipinski definition) is 7. The van der Waals surface area contributed by atoms with Gasteiger partial charge in [0.25, 0.3) is 0 Å². The Bertz CT molecular complexity index is 933. The van der Waals surface area contributed by atoms with Gasteiger partial charge in [0.15, 0.2) is 0 Å². The molecule has 0 saturated heterocycles. The number of nitro groups is 1. The summed E-state index contributed by atoms with van der Waals surface area (Å²) in [5.41, 5.74) is 2.30. The molecule has 124 valence electrons. The quantitative estimate of drug-likeness (QED) is 0.408. The van der Waals surface area contributed by atoms with E-state index in [1.54, 1.807) is 6.07 Å². The molecule has 0 aliphatic rings. The van der Waals surface area contributed by atoms with E-state index in [-0.39, 0.29) is 5.00 Å². The monoisotopic (exact) mass is 372 g/mol. The second-order valence-electron chi connectivity index (χ2n) is 4.50. The average molecular weight is 372 g/mol. The molecular formula is C13H7F3N4O2S2. The number of hydrogen-bond donors (Lipinski definition) is 1. The third kappa shape index (κ3) is 3.51. The first-order valence-corrected chi connectivity index (χ1v) is 7.97. The van der Waals surface area contributed by atoms with Crippen LogP contribution >= 0.6 is 22.7 Å². The van der Waals surface area contributed by atoms with E-state index in [0.717, 1.165) is 34.8 Å². The van der Waals surface area contributed by atoms with Crippen LogP contribution in [-0.4, -0.2) is 16.1 Å². The molecule has 0 spiro atoms. The highest BCUT2D eigenvalue weighted by Crippen LogP contribution is 2.34. The van der Waals surface area contributed by atoms with Crippen LogP contribution in [0.15, 0.2) is 35.4 Å². The van der Waals surface area contributed by atoms with Gasteiger partial charge in [-0.1, -0.05) is 22.7 Å². The zero-order valence-electron chi connectivity index (χ0n) is 11.6. The summed E-state index contributed by atoms with van der Waals surface area (Å²) in [5, 5.41) is 14.8. The van der Waals surface area contributed by atoms with Gasteiger partial charge < -0.3 is 0 Å². The number of halogens is 3. The Balaban J connectivity index is 1.75. The molecule has 0 unspecified atom stereocenters. The number of nitrogens with one attached hydrogen (secondary N) is 1. The molecule has 0 aliphatic carbocycles. The highest BCUT2D eigenvalue weighted by atomic mass is 32.1. The second-order valence-corrected chi connectivity index (χ2v) is 6.63. The summed E-state index contributed by atoms with van der Waals surface area (Å²) in [5.74, 6) is 0. The van der Waals surface area contributed by atoms with Crippen LogP contribution in [0.4, 0.5) is 23.3 Å². The van der Waals surface area contributed by atoms with Gasteiger partial charge in [0.05, 0.1) is 31.8 Å². The van der Waals surface area contributed by atoms with Gasteiger partial charge in [0.1, 0.15) is 0 Å². The number of alkyl halides is 3. The Morgan fingerprint density at radius 3 is 2.71 bits per heavy atom. The van der Waals surface area contributed by atoms with Crippen molar-refractivity contribution < 1.29 is 18.1 Å². The number of hydrazone groups is 1. The molecule has 0 aliphatic heterocycles. The van der Waals surface area contributed by atoms with Crippen LogP contribution < -0.4 is 5.43 Å². The molecule has 11 heteroatoms. The lowest BCUT2D eigenvalue weighted by Crippen LogP contribution is -2.03. The molecule has 0 radical (unpaired) electrons. The van der Waals surface area contributed by atoms with Crippen LogP contribution in [0, 0.1) is 10.1 Å². The molecule has 1 aromatic carbocycles. The fourth-order valence-electron chi connectivity index (χ4n) is 1.81. The lowest BCUT2D eigenvalue weighted by Gasteiger charge is -2.04. The summed E-state index contributed by atoms with van der Waals surface area (Å²) in [6.45, 7) is 0. The maximum Gasteiger partial charge on any atom is 0.416 e. The second kappa shape index (κ2) is 6.17. The summed E-state index contributed by atoms with van der Waals surface area (Å²) < 4.78 is 38.4. The molecule has 1 N–H and O–H groups in total. The van der Waals surface area contributed by atoms with Gasteiger partial charge in [0.2, 0.25) is 5.13 Å². The van der Waals surface area contributed by atoms with Crippen molar-refractivity contribution in [2.24, 2.45) is 5.10 Å². The summed E-state index contributed by atoms with van der Waals surface area (Å²) in [7, 11) is 0. The molecule has 0 amide bonds. The minimum Gasteiger partial charge on any atom is -0.258 e. The van der Waals surface area contributed by atoms with Gasteiger partial charge in [-0.15, -0.1) is 0 Å². The van der Waals surface area contributed by atoms with Crippen LogP contribution in [0.5, 0.6) is 0 Å². The maximum absolute atomic E-state index is 12.7. The Hall–Kier alpha value is -2.53. The summed E-state index contributed by atoms with van der Waals surface area (Å²) in [6.07, 6.45) is -3.03. The first-order valence-electron chi connectivity index (χ1n) is 6.34. The smallest absolute Gasteiger partial charge is 0.258 e. The van der Waals surface area contributed by atoms with Crippen molar-refractivity contribution in [2.75, 3.05) is 5.43 Å². The summed E-state index contributed by atoms with van der Waals surface area (Å²) in [6, 6.07) is 6.21. The van der Waals surface area contributed by atoms with E-state index in [2.05, 4.69) is 15.5 Å². The van der Waals surface area contributed by atoms with E-state index in [4.69, 9.17) is 0 Å². The number of aromatic nitrogens is 1. The van der Waals surface area contributed by atoms with E-state index >= 15 is 0 Å². The topological polar surface area (TPSA) is 80.4 Å². The number of thiazole rings is 1. The molecule has 2 aromatic heterocycles. The predicted octanol–water partition coefficient (Wildman–Crippen LogP) is 4.73. The van der Waals surface area contributed by atoms with Crippen molar-refractivity contribution in [1.29, 1.82) is 0 Å². The standard InChI is InChI=1S/C13H7F3N4O2S2/c14-13(15,16)7-1-3-9-10(5-7)24-12(18-9)19-17-6-8-2-4-11(23-8)20(21)22/h1-6H,(H,18,19). The first-order chi connectivity index (χ1) is 11.3. The SMILES string of the molecule is O=[N+]([O-])c1ccc(C=NNc2nc3ccc(C(F)(F)F)cc3s2)s1. The Labute approximate surface area is 140 Å². The summed E-state index contributed by atoms with van der Waals surface area (Å²) in [4.78, 5) is 14.8. The average Bonchev–Trinajstić information content (AvgIpc) is 3.11. The van der Waals surface area contributed by atoms with E-state index in [9.17, 15) is 23.3 Å². The predicted molar refractivity (Wildman–Crippen MR) is 86.8 cm³/mol. The van der Waals surface area contributed by atoms with Crippen molar-refractivity contribution in [3.63, 3.8) is 0 Å². The fraction of sp³-hybridized carbons (Fsp3) is 0.0769. The van der Waals surface area contributed by atoms with E-state index < -0.39 is 16.7 Å². The third-order valence-corrected chi connectivity index (χ3v) is 4.75. The minimum absolute atomic E-state index is 0.00360. The highest BCUT2D eigenvalue weighted by Gasteiger charge is 2.30. The molecular weight excluding hydrogens is 365 g/mol. The minimum atomic E-state index is -4.40. The first kappa shape index (κ1) is 16.3. The fourth-order valence-corrected chi connectivity index (χ4v) is 3.36. The number of fused-ring (bicyclic) bond motifs is 1. The van der Waals surface area contributed by atoms with Gasteiger partial charge in [-0.3, -0.25) is 15.5 Å². The van der Waals surface area contributed by atoms with Gasteiger partial charge in [-0.2, -0.15) is 18.3 Å². The maximum atomic E-state index is 12.7. The summed E-state index contributed by atoms with van der Waals surface area (Å²) >= 11 is 1.99. The van der Waals surface area contributed by atoms with Crippen molar-refractivity contribution in [2.45, 2.75) is 6.18 Å². The van der Waals surface area contributed by atoms with Crippen molar-refractivity contribution in [3.05, 3.63) is 50.9 Å². The normalized spacial score (nSPS) is 12.1. The Morgan fingerprint density at radius 2 is 2.04 bits per heavy atom. The molecule has 2 heterocycles. The van der Waals surface area contributed by atoms with Crippen LogP contribution in [0.25, 0.3) is 10.2 Å². The number of thiophene rings is 1. The Morgan fingerprint density at radius 1 is 1.25 bits per heavy atom. The van der Waals surface area contributed by atoms with Gasteiger partial charge in [0, 0.05) is 6.07 Å². The van der Waals surface area contributed by atoms with Crippen LogP contribution in [0.3, 0.4) is 0 Å². The van der Waals surface area contributed by atoms with E-state index in [1.807, 2.05) is 0 Å². The zero-order valence-corrected chi connectivity index (χ0v) is 13.2. The highest BCUT2D eigenvalue weighted by molar-refractivity contribution is 7.22. The Kier molecular flexibility index (Phi) is 4.20. The molecule has 0 bridgehead atoms. The third-order valence-electron chi connectivity index (χ3n) is 2.86. The number of nitrogens with zero attached hydrogens (tertiary/aromatic N) is 3. The molecule has 0 atom stereocenters. The molecule has 6 nitrogen and oxygen atoms in total. The number of anilines is 1. The van der Waals surface area contributed by atoms with Crippen LogP contribution in [0.1, 0.15) is 10.4 Å². The number of benzene rings is 1. The lowest BCUT2D eigenvalue weighted by molar-refractivity contribution is -0.380. The molecule has 3 rings (SSSR count). The van der Waals surface area contributed by atoms with Crippen molar-refractivity contribution >= 4 is 49.2 Å². The van der Waals surface area contributed by atoms with Crippen molar-refractivity contribution in [3.8, 4) is 0 Å². The van der Waals surface area contributed by atoms with Crippen molar-refractivity contribution in [1.82, 2.24) is 4.98 Å². The van der Waals surface area contributed by atoms with E-state index in [0.29, 0.717) is 20.2 Å². The van der Waals surface area contributed by atoms with Crippen LogP contribution in [0.2, 0.25) is 0 Å². The van der Waals surface area contributed by atoms with Gasteiger partial charge >= 0.3 is 11.2 Å². The zero-order chi connectivity index (χ0) is 17.3. The van der Waals surface area contributed by atoms with Gasteiger partial charge in [-0.05, 0) is 24.3 Å². The molecule has 0 saturated carbocycles. The molecule has 3 aromatic rings. The molecule has 0 fully saturated rings. The van der Waals surface area contributed by atoms with E-state index in [1.165, 1.54) is 18.3 Å². The number of rotatable bonds is 4. The van der Waals surface area contributed by atoms with Crippen LogP contribution in [-0.2, 0) is 6.18 Å².